The van der Waals surface area contributed by atoms with Gasteiger partial charge in [0, 0.05) is 6.07 Å². The normalized spacial score (nSPS) is 15.8. The molecule has 6 heteroatoms. The van der Waals surface area contributed by atoms with Crippen LogP contribution < -0.4 is 15.2 Å². The van der Waals surface area contributed by atoms with Crippen molar-refractivity contribution >= 4 is 21.4 Å². The molecule has 0 atom stereocenters. The molecule has 1 aliphatic rings. The van der Waals surface area contributed by atoms with Gasteiger partial charge in [0.1, 0.15) is 5.75 Å². The highest BCUT2D eigenvalue weighted by Crippen LogP contribution is 2.30. The average Bonchev–Trinajstić information content (AvgIpc) is 2.92. The molecule has 1 aromatic rings. The number of hydrogen-bond acceptors (Lipinski definition) is 4. The molecule has 0 bridgehead atoms. The second-order valence-corrected chi connectivity index (χ2v) is 5.69. The van der Waals surface area contributed by atoms with E-state index in [4.69, 9.17) is 10.5 Å². The molecule has 0 spiro atoms. The van der Waals surface area contributed by atoms with Crippen LogP contribution in [0.25, 0.3) is 0 Å². The number of ether oxygens (including phenoxy) is 1. The van der Waals surface area contributed by atoms with Crippen molar-refractivity contribution in [3.63, 3.8) is 0 Å². The van der Waals surface area contributed by atoms with Crippen LogP contribution in [0.1, 0.15) is 12.8 Å². The highest BCUT2D eigenvalue weighted by Gasteiger charge is 2.23. The summed E-state index contributed by atoms with van der Waals surface area (Å²) in [6.07, 6.45) is 3.47. The van der Waals surface area contributed by atoms with Gasteiger partial charge in [0.05, 0.1) is 23.7 Å². The van der Waals surface area contributed by atoms with Crippen molar-refractivity contribution in [2.75, 3.05) is 16.7 Å². The largest absolute Gasteiger partial charge is 0.490 e. The number of nitrogens with two attached hydrogens (primary N) is 1. The fourth-order valence-electron chi connectivity index (χ4n) is 1.28. The Morgan fingerprint density at radius 2 is 2.12 bits per heavy atom. The summed E-state index contributed by atoms with van der Waals surface area (Å²) in [6.45, 7) is 0. The lowest BCUT2D eigenvalue weighted by Crippen LogP contribution is -2.11. The Hall–Kier alpha value is -1.43. The SMILES string of the molecule is CS(=O)(=O)Nc1cc(OC2CC2)ccc1N. The molecular weight excluding hydrogens is 228 g/mol. The van der Waals surface area contributed by atoms with Gasteiger partial charge in [-0.1, -0.05) is 0 Å². The predicted octanol–water partition coefficient (Wildman–Crippen LogP) is 1.18. The first-order valence-electron chi connectivity index (χ1n) is 4.98. The second-order valence-electron chi connectivity index (χ2n) is 3.94. The van der Waals surface area contributed by atoms with Gasteiger partial charge < -0.3 is 10.5 Å². The molecule has 2 rings (SSSR count). The standard InChI is InChI=1S/C10H14N2O3S/c1-16(13,14)12-10-6-8(4-5-9(10)11)15-7-2-3-7/h4-7,12H,2-3,11H2,1H3. The van der Waals surface area contributed by atoms with Crippen LogP contribution in [0, 0.1) is 0 Å². The zero-order chi connectivity index (χ0) is 11.8. The molecule has 1 fully saturated rings. The third-order valence-electron chi connectivity index (χ3n) is 2.15. The Morgan fingerprint density at radius 3 is 2.69 bits per heavy atom. The molecule has 1 aliphatic carbocycles. The lowest BCUT2D eigenvalue weighted by Gasteiger charge is -2.10. The monoisotopic (exact) mass is 242 g/mol. The van der Waals surface area contributed by atoms with Crippen LogP contribution in [-0.2, 0) is 10.0 Å². The first-order chi connectivity index (χ1) is 7.44. The minimum Gasteiger partial charge on any atom is -0.490 e. The summed E-state index contributed by atoms with van der Waals surface area (Å²) in [6, 6.07) is 4.97. The van der Waals surface area contributed by atoms with Crippen LogP contribution >= 0.6 is 0 Å². The van der Waals surface area contributed by atoms with E-state index in [0.717, 1.165) is 19.1 Å². The zero-order valence-electron chi connectivity index (χ0n) is 8.93. The maximum Gasteiger partial charge on any atom is 0.229 e. The van der Waals surface area contributed by atoms with Crippen molar-refractivity contribution in [1.82, 2.24) is 0 Å². The van der Waals surface area contributed by atoms with E-state index >= 15 is 0 Å². The Morgan fingerprint density at radius 1 is 1.44 bits per heavy atom. The molecule has 1 aromatic carbocycles. The fourth-order valence-corrected chi connectivity index (χ4v) is 1.85. The van der Waals surface area contributed by atoms with E-state index in [1.165, 1.54) is 0 Å². The second kappa shape index (κ2) is 3.86. The van der Waals surface area contributed by atoms with Gasteiger partial charge in [-0.15, -0.1) is 0 Å². The van der Waals surface area contributed by atoms with Gasteiger partial charge >= 0.3 is 0 Å². The highest BCUT2D eigenvalue weighted by atomic mass is 32.2. The Balaban J connectivity index is 2.21. The van der Waals surface area contributed by atoms with Gasteiger partial charge in [0.25, 0.3) is 0 Å². The number of hydrogen-bond donors (Lipinski definition) is 2. The third-order valence-corrected chi connectivity index (χ3v) is 2.74. The average molecular weight is 242 g/mol. The fraction of sp³-hybridized carbons (Fsp3) is 0.400. The number of sulfonamides is 1. The molecule has 16 heavy (non-hydrogen) atoms. The van der Waals surface area contributed by atoms with Gasteiger partial charge in [-0.3, -0.25) is 4.72 Å². The summed E-state index contributed by atoms with van der Waals surface area (Å²) in [5.74, 6) is 0.642. The third kappa shape index (κ3) is 3.03. The van der Waals surface area contributed by atoms with Gasteiger partial charge in [-0.2, -0.15) is 0 Å². The van der Waals surface area contributed by atoms with Gasteiger partial charge in [-0.25, -0.2) is 8.42 Å². The maximum atomic E-state index is 11.1. The molecular formula is C10H14N2O3S. The van der Waals surface area contributed by atoms with E-state index in [9.17, 15) is 8.42 Å². The van der Waals surface area contributed by atoms with E-state index in [1.54, 1.807) is 18.2 Å². The van der Waals surface area contributed by atoms with E-state index in [2.05, 4.69) is 4.72 Å². The Kier molecular flexibility index (Phi) is 2.67. The van der Waals surface area contributed by atoms with Crippen LogP contribution in [0.2, 0.25) is 0 Å². The van der Waals surface area contributed by atoms with Crippen molar-refractivity contribution in [3.05, 3.63) is 18.2 Å². The Bertz CT molecular complexity index is 495. The number of benzene rings is 1. The summed E-state index contributed by atoms with van der Waals surface area (Å²) in [7, 11) is -3.31. The van der Waals surface area contributed by atoms with Crippen LogP contribution in [0.5, 0.6) is 5.75 Å². The van der Waals surface area contributed by atoms with Crippen LogP contribution in [-0.4, -0.2) is 20.8 Å². The van der Waals surface area contributed by atoms with Crippen molar-refractivity contribution in [2.24, 2.45) is 0 Å². The van der Waals surface area contributed by atoms with Crippen LogP contribution in [0.15, 0.2) is 18.2 Å². The molecule has 5 nitrogen and oxygen atoms in total. The van der Waals surface area contributed by atoms with E-state index in [1.807, 2.05) is 0 Å². The smallest absolute Gasteiger partial charge is 0.229 e. The van der Waals surface area contributed by atoms with E-state index < -0.39 is 10.0 Å². The molecule has 3 N–H and O–H groups in total. The molecule has 88 valence electrons. The maximum absolute atomic E-state index is 11.1. The molecule has 0 aromatic heterocycles. The topological polar surface area (TPSA) is 81.4 Å². The quantitative estimate of drug-likeness (QED) is 0.777. The van der Waals surface area contributed by atoms with Crippen molar-refractivity contribution in [2.45, 2.75) is 18.9 Å². The number of nitrogen functional groups attached to an aromatic ring is 1. The minimum atomic E-state index is -3.31. The first-order valence-corrected chi connectivity index (χ1v) is 6.87. The number of anilines is 2. The van der Waals surface area contributed by atoms with Crippen LogP contribution in [0.3, 0.4) is 0 Å². The molecule has 0 unspecified atom stereocenters. The molecule has 0 amide bonds. The van der Waals surface area contributed by atoms with E-state index in [-0.39, 0.29) is 6.10 Å². The van der Waals surface area contributed by atoms with Gasteiger partial charge in [0.2, 0.25) is 10.0 Å². The van der Waals surface area contributed by atoms with E-state index in [0.29, 0.717) is 17.1 Å². The summed E-state index contributed by atoms with van der Waals surface area (Å²) < 4.78 is 30.1. The summed E-state index contributed by atoms with van der Waals surface area (Å²) in [5, 5.41) is 0. The van der Waals surface area contributed by atoms with Crippen molar-refractivity contribution in [3.8, 4) is 5.75 Å². The minimum absolute atomic E-state index is 0.273. The highest BCUT2D eigenvalue weighted by molar-refractivity contribution is 7.92. The molecule has 0 aliphatic heterocycles. The predicted molar refractivity (Wildman–Crippen MR) is 63.0 cm³/mol. The Labute approximate surface area is 94.6 Å². The summed E-state index contributed by atoms with van der Waals surface area (Å²) >= 11 is 0. The summed E-state index contributed by atoms with van der Waals surface area (Å²) in [4.78, 5) is 0. The lowest BCUT2D eigenvalue weighted by atomic mass is 10.2. The molecule has 0 radical (unpaired) electrons. The van der Waals surface area contributed by atoms with Gasteiger partial charge in [0.15, 0.2) is 0 Å². The number of nitrogens with one attached hydrogen (secondary N) is 1. The first kappa shape index (κ1) is 11.1. The van der Waals surface area contributed by atoms with Crippen molar-refractivity contribution < 1.29 is 13.2 Å². The summed E-state index contributed by atoms with van der Waals surface area (Å²) in [5.41, 5.74) is 6.41. The molecule has 0 heterocycles. The van der Waals surface area contributed by atoms with Gasteiger partial charge in [-0.05, 0) is 25.0 Å². The number of rotatable bonds is 4. The van der Waals surface area contributed by atoms with Crippen LogP contribution in [0.4, 0.5) is 11.4 Å². The zero-order valence-corrected chi connectivity index (χ0v) is 9.75. The van der Waals surface area contributed by atoms with Crippen molar-refractivity contribution in [1.29, 1.82) is 0 Å². The molecule has 0 saturated heterocycles. The lowest BCUT2D eigenvalue weighted by molar-refractivity contribution is 0.303. The molecule has 1 saturated carbocycles.